The summed E-state index contributed by atoms with van der Waals surface area (Å²) in [5.74, 6) is 0.796. The summed E-state index contributed by atoms with van der Waals surface area (Å²) in [5.41, 5.74) is 2.68. The summed E-state index contributed by atoms with van der Waals surface area (Å²) in [7, 11) is 0. The molecule has 0 aliphatic carbocycles. The van der Waals surface area contributed by atoms with Crippen molar-refractivity contribution < 1.29 is 5.11 Å². The van der Waals surface area contributed by atoms with Gasteiger partial charge < -0.3 is 10.0 Å². The van der Waals surface area contributed by atoms with Crippen LogP contribution in [0, 0.1) is 11.3 Å². The minimum absolute atomic E-state index is 0.130. The van der Waals surface area contributed by atoms with Crippen LogP contribution in [0.4, 0.5) is 5.69 Å². The Balaban J connectivity index is 1.96. The molecule has 1 aromatic carbocycles. The number of aliphatic hydroxyl groups excluding tert-OH is 1. The Bertz CT molecular complexity index is 344. The van der Waals surface area contributed by atoms with Gasteiger partial charge in [-0.15, -0.1) is 0 Å². The smallest absolute Gasteiger partial charge is 0.0681 e. The van der Waals surface area contributed by atoms with E-state index in [1.807, 2.05) is 12.1 Å². The lowest BCUT2D eigenvalue weighted by Crippen LogP contribution is -2.52. The second-order valence-corrected chi connectivity index (χ2v) is 5.79. The van der Waals surface area contributed by atoms with Crippen molar-refractivity contribution in [2.45, 2.75) is 27.4 Å². The second-order valence-electron chi connectivity index (χ2n) is 5.79. The van der Waals surface area contributed by atoms with E-state index in [2.05, 4.69) is 37.8 Å². The number of benzene rings is 1. The molecule has 1 saturated heterocycles. The molecule has 0 unspecified atom stereocenters. The molecule has 1 aliphatic rings. The topological polar surface area (TPSA) is 23.5 Å². The lowest BCUT2D eigenvalue weighted by atomic mass is 9.76. The van der Waals surface area contributed by atoms with Crippen molar-refractivity contribution in [2.24, 2.45) is 11.3 Å². The van der Waals surface area contributed by atoms with Gasteiger partial charge in [0.05, 0.1) is 6.61 Å². The Kier molecular flexibility index (Phi) is 2.94. The quantitative estimate of drug-likeness (QED) is 0.826. The van der Waals surface area contributed by atoms with Crippen molar-refractivity contribution in [3.05, 3.63) is 29.8 Å². The highest BCUT2D eigenvalue weighted by atomic mass is 16.3. The van der Waals surface area contributed by atoms with E-state index in [0.29, 0.717) is 5.41 Å². The number of hydrogen-bond donors (Lipinski definition) is 1. The van der Waals surface area contributed by atoms with E-state index in [9.17, 15) is 0 Å². The molecule has 0 amide bonds. The van der Waals surface area contributed by atoms with Gasteiger partial charge in [-0.05, 0) is 29.0 Å². The van der Waals surface area contributed by atoms with Crippen LogP contribution in [0.3, 0.4) is 0 Å². The number of aliphatic hydroxyl groups is 1. The van der Waals surface area contributed by atoms with Gasteiger partial charge in [-0.25, -0.2) is 0 Å². The molecule has 0 aromatic heterocycles. The van der Waals surface area contributed by atoms with Crippen molar-refractivity contribution in [3.63, 3.8) is 0 Å². The first-order valence-corrected chi connectivity index (χ1v) is 5.95. The summed E-state index contributed by atoms with van der Waals surface area (Å²) in [5, 5.41) is 8.97. The van der Waals surface area contributed by atoms with E-state index in [-0.39, 0.29) is 6.61 Å². The lowest BCUT2D eigenvalue weighted by Gasteiger charge is -2.47. The maximum Gasteiger partial charge on any atom is 0.0681 e. The molecule has 2 heteroatoms. The highest BCUT2D eigenvalue weighted by Gasteiger charge is 2.35. The first kappa shape index (κ1) is 11.5. The molecule has 0 spiro atoms. The summed E-state index contributed by atoms with van der Waals surface area (Å²) >= 11 is 0. The Morgan fingerprint density at radius 2 is 1.75 bits per heavy atom. The van der Waals surface area contributed by atoms with Crippen LogP contribution in [-0.2, 0) is 6.61 Å². The molecule has 0 radical (unpaired) electrons. The van der Waals surface area contributed by atoms with Gasteiger partial charge in [0.15, 0.2) is 0 Å². The molecular weight excluding hydrogens is 198 g/mol. The van der Waals surface area contributed by atoms with Crippen LogP contribution < -0.4 is 4.90 Å². The predicted molar refractivity (Wildman–Crippen MR) is 67.5 cm³/mol. The molecule has 0 bridgehead atoms. The van der Waals surface area contributed by atoms with Gasteiger partial charge in [0, 0.05) is 18.8 Å². The molecular formula is C14H21NO. The highest BCUT2D eigenvalue weighted by Crippen LogP contribution is 2.36. The fourth-order valence-corrected chi connectivity index (χ4v) is 2.05. The summed E-state index contributed by atoms with van der Waals surface area (Å²) < 4.78 is 0. The predicted octanol–water partition coefficient (Wildman–Crippen LogP) is 2.66. The van der Waals surface area contributed by atoms with E-state index in [0.717, 1.165) is 24.6 Å². The van der Waals surface area contributed by atoms with E-state index < -0.39 is 0 Å². The molecule has 0 atom stereocenters. The molecule has 1 N–H and O–H groups in total. The molecule has 1 fully saturated rings. The fourth-order valence-electron chi connectivity index (χ4n) is 2.05. The summed E-state index contributed by atoms with van der Waals surface area (Å²) in [6.45, 7) is 9.37. The van der Waals surface area contributed by atoms with Crippen molar-refractivity contribution in [1.29, 1.82) is 0 Å². The SMILES string of the molecule is CC(C)(C)C1CN(c2ccc(CO)cc2)C1. The monoisotopic (exact) mass is 219 g/mol. The van der Waals surface area contributed by atoms with Crippen LogP contribution in [0.5, 0.6) is 0 Å². The maximum atomic E-state index is 8.97. The molecule has 0 saturated carbocycles. The van der Waals surface area contributed by atoms with Gasteiger partial charge in [-0.3, -0.25) is 0 Å². The van der Waals surface area contributed by atoms with Gasteiger partial charge in [0.2, 0.25) is 0 Å². The Labute approximate surface area is 97.9 Å². The number of hydrogen-bond acceptors (Lipinski definition) is 2. The first-order valence-electron chi connectivity index (χ1n) is 5.95. The van der Waals surface area contributed by atoms with Gasteiger partial charge in [-0.1, -0.05) is 32.9 Å². The van der Waals surface area contributed by atoms with Crippen LogP contribution in [0.2, 0.25) is 0 Å². The first-order chi connectivity index (χ1) is 7.50. The summed E-state index contributed by atoms with van der Waals surface area (Å²) in [6, 6.07) is 8.20. The number of rotatable bonds is 2. The van der Waals surface area contributed by atoms with E-state index in [1.165, 1.54) is 5.69 Å². The zero-order valence-electron chi connectivity index (χ0n) is 10.4. The minimum Gasteiger partial charge on any atom is -0.392 e. The van der Waals surface area contributed by atoms with E-state index in [4.69, 9.17) is 5.11 Å². The Morgan fingerprint density at radius 3 is 2.19 bits per heavy atom. The Morgan fingerprint density at radius 1 is 1.19 bits per heavy atom. The lowest BCUT2D eigenvalue weighted by molar-refractivity contribution is 0.195. The normalized spacial score (nSPS) is 17.4. The summed E-state index contributed by atoms with van der Waals surface area (Å²) in [6.07, 6.45) is 0. The molecule has 1 aromatic rings. The molecule has 88 valence electrons. The van der Waals surface area contributed by atoms with Crippen LogP contribution in [0.1, 0.15) is 26.3 Å². The van der Waals surface area contributed by atoms with Crippen molar-refractivity contribution >= 4 is 5.69 Å². The molecule has 1 aliphatic heterocycles. The standard InChI is InChI=1S/C14H21NO/c1-14(2,3)12-8-15(9-12)13-6-4-11(10-16)5-7-13/h4-7,12,16H,8-10H2,1-3H3. The van der Waals surface area contributed by atoms with Crippen LogP contribution in [-0.4, -0.2) is 18.2 Å². The summed E-state index contributed by atoms with van der Waals surface area (Å²) in [4.78, 5) is 2.40. The van der Waals surface area contributed by atoms with Crippen LogP contribution >= 0.6 is 0 Å². The average Bonchev–Trinajstić information content (AvgIpc) is 2.14. The van der Waals surface area contributed by atoms with E-state index in [1.54, 1.807) is 0 Å². The molecule has 16 heavy (non-hydrogen) atoms. The molecule has 2 rings (SSSR count). The van der Waals surface area contributed by atoms with Gasteiger partial charge in [0.25, 0.3) is 0 Å². The van der Waals surface area contributed by atoms with Crippen molar-refractivity contribution in [3.8, 4) is 0 Å². The number of nitrogens with zero attached hydrogens (tertiary/aromatic N) is 1. The third-order valence-corrected chi connectivity index (χ3v) is 3.59. The van der Waals surface area contributed by atoms with Gasteiger partial charge in [0.1, 0.15) is 0 Å². The van der Waals surface area contributed by atoms with Crippen molar-refractivity contribution in [2.75, 3.05) is 18.0 Å². The zero-order chi connectivity index (χ0) is 11.8. The average molecular weight is 219 g/mol. The second kappa shape index (κ2) is 4.10. The van der Waals surface area contributed by atoms with Crippen molar-refractivity contribution in [1.82, 2.24) is 0 Å². The van der Waals surface area contributed by atoms with Crippen LogP contribution in [0.15, 0.2) is 24.3 Å². The zero-order valence-corrected chi connectivity index (χ0v) is 10.4. The van der Waals surface area contributed by atoms with Crippen LogP contribution in [0.25, 0.3) is 0 Å². The minimum atomic E-state index is 0.130. The van der Waals surface area contributed by atoms with E-state index >= 15 is 0 Å². The third-order valence-electron chi connectivity index (χ3n) is 3.59. The fraction of sp³-hybridized carbons (Fsp3) is 0.571. The molecule has 1 heterocycles. The largest absolute Gasteiger partial charge is 0.392 e. The highest BCUT2D eigenvalue weighted by molar-refractivity contribution is 5.50. The Hall–Kier alpha value is -1.02. The molecule has 2 nitrogen and oxygen atoms in total. The number of anilines is 1. The van der Waals surface area contributed by atoms with Gasteiger partial charge in [-0.2, -0.15) is 0 Å². The van der Waals surface area contributed by atoms with Gasteiger partial charge >= 0.3 is 0 Å². The third kappa shape index (κ3) is 2.22. The maximum absolute atomic E-state index is 8.97.